The molecule has 1 unspecified atom stereocenters. The molecule has 0 aliphatic carbocycles. The number of hydrogen-bond donors (Lipinski definition) is 0. The Labute approximate surface area is 170 Å². The lowest BCUT2D eigenvalue weighted by Gasteiger charge is -2.34. The molecule has 28 heavy (non-hydrogen) atoms. The summed E-state index contributed by atoms with van der Waals surface area (Å²) in [4.78, 5) is 14.6. The summed E-state index contributed by atoms with van der Waals surface area (Å²) in [7, 11) is -3.57. The smallest absolute Gasteiger partial charge is 0.243 e. The van der Waals surface area contributed by atoms with Gasteiger partial charge in [-0.15, -0.1) is 0 Å². The van der Waals surface area contributed by atoms with Crippen LogP contribution in [0.1, 0.15) is 30.8 Å². The van der Waals surface area contributed by atoms with Crippen LogP contribution in [0, 0.1) is 13.8 Å². The van der Waals surface area contributed by atoms with E-state index in [1.165, 1.54) is 16.4 Å². The lowest BCUT2D eigenvalue weighted by Crippen LogP contribution is -2.50. The molecule has 0 radical (unpaired) electrons. The number of rotatable bonds is 5. The van der Waals surface area contributed by atoms with Crippen molar-refractivity contribution in [3.8, 4) is 0 Å². The fourth-order valence-electron chi connectivity index (χ4n) is 3.49. The minimum Gasteiger partial charge on any atom is -0.340 e. The number of carbonyl (C=O) groups excluding carboxylic acids is 1. The van der Waals surface area contributed by atoms with E-state index in [4.69, 9.17) is 11.6 Å². The number of hydrogen-bond acceptors (Lipinski definition) is 4. The standard InChI is InChI=1S/C19H25ClN4O3S/c1-14-12-15(2)24(21-14)16(3)13-19(25)22-8-10-23(11-9-22)28(26,27)18-6-4-17(20)5-7-18/h4-7,12,16H,8-11,13H2,1-3H3. The van der Waals surface area contributed by atoms with E-state index in [2.05, 4.69) is 5.10 Å². The van der Waals surface area contributed by atoms with Gasteiger partial charge in [-0.3, -0.25) is 9.48 Å². The van der Waals surface area contributed by atoms with Gasteiger partial charge in [-0.2, -0.15) is 9.40 Å². The SMILES string of the molecule is Cc1cc(C)n(C(C)CC(=O)N2CCN(S(=O)(=O)c3ccc(Cl)cc3)CC2)n1. The van der Waals surface area contributed by atoms with Crippen LogP contribution in [0.4, 0.5) is 0 Å². The quantitative estimate of drug-likeness (QED) is 0.739. The van der Waals surface area contributed by atoms with Gasteiger partial charge in [0.15, 0.2) is 0 Å². The van der Waals surface area contributed by atoms with Crippen molar-refractivity contribution in [3.63, 3.8) is 0 Å². The van der Waals surface area contributed by atoms with E-state index in [1.54, 1.807) is 17.0 Å². The first-order chi connectivity index (χ1) is 13.2. The van der Waals surface area contributed by atoms with Crippen LogP contribution in [0.2, 0.25) is 5.02 Å². The van der Waals surface area contributed by atoms with Gasteiger partial charge in [-0.05, 0) is 51.1 Å². The Kier molecular flexibility index (Phi) is 6.12. The maximum absolute atomic E-state index is 12.7. The van der Waals surface area contributed by atoms with Gasteiger partial charge in [-0.1, -0.05) is 11.6 Å². The lowest BCUT2D eigenvalue weighted by molar-refractivity contribution is -0.133. The first-order valence-electron chi connectivity index (χ1n) is 9.24. The summed E-state index contributed by atoms with van der Waals surface area (Å²) in [6.07, 6.45) is 0.339. The summed E-state index contributed by atoms with van der Waals surface area (Å²) in [5, 5.41) is 4.93. The average Bonchev–Trinajstić information content (AvgIpc) is 3.00. The van der Waals surface area contributed by atoms with Crippen molar-refractivity contribution < 1.29 is 13.2 Å². The maximum atomic E-state index is 12.7. The third-order valence-corrected chi connectivity index (χ3v) is 7.14. The first-order valence-corrected chi connectivity index (χ1v) is 11.1. The molecule has 0 N–H and O–H groups in total. The van der Waals surface area contributed by atoms with Gasteiger partial charge in [0.05, 0.1) is 16.6 Å². The van der Waals surface area contributed by atoms with Crippen molar-refractivity contribution in [2.75, 3.05) is 26.2 Å². The predicted octanol–water partition coefficient (Wildman–Crippen LogP) is 2.64. The molecule has 1 saturated heterocycles. The van der Waals surface area contributed by atoms with Crippen LogP contribution in [-0.2, 0) is 14.8 Å². The molecule has 1 amide bonds. The summed E-state index contributed by atoms with van der Waals surface area (Å²) in [5.41, 5.74) is 1.95. The second kappa shape index (κ2) is 8.23. The lowest BCUT2D eigenvalue weighted by atomic mass is 10.2. The number of sulfonamides is 1. The van der Waals surface area contributed by atoms with Crippen molar-refractivity contribution in [2.24, 2.45) is 0 Å². The van der Waals surface area contributed by atoms with E-state index in [-0.39, 0.29) is 29.9 Å². The molecule has 0 bridgehead atoms. The van der Waals surface area contributed by atoms with E-state index in [9.17, 15) is 13.2 Å². The zero-order chi connectivity index (χ0) is 20.5. The Morgan fingerprint density at radius 3 is 2.29 bits per heavy atom. The van der Waals surface area contributed by atoms with Crippen LogP contribution < -0.4 is 0 Å². The van der Waals surface area contributed by atoms with Crippen LogP contribution >= 0.6 is 11.6 Å². The van der Waals surface area contributed by atoms with Crippen LogP contribution in [0.15, 0.2) is 35.2 Å². The van der Waals surface area contributed by atoms with Gasteiger partial charge < -0.3 is 4.90 Å². The van der Waals surface area contributed by atoms with Crippen molar-refractivity contribution in [2.45, 2.75) is 38.1 Å². The zero-order valence-corrected chi connectivity index (χ0v) is 17.9. The average molecular weight is 425 g/mol. The van der Waals surface area contributed by atoms with E-state index in [0.717, 1.165) is 11.4 Å². The number of benzene rings is 1. The zero-order valence-electron chi connectivity index (χ0n) is 16.3. The van der Waals surface area contributed by atoms with Gasteiger partial charge in [0.2, 0.25) is 15.9 Å². The molecular formula is C19H25ClN4O3S. The van der Waals surface area contributed by atoms with Crippen molar-refractivity contribution in [3.05, 3.63) is 46.7 Å². The molecule has 1 fully saturated rings. The van der Waals surface area contributed by atoms with Crippen LogP contribution in [0.25, 0.3) is 0 Å². The highest BCUT2D eigenvalue weighted by Crippen LogP contribution is 2.21. The summed E-state index contributed by atoms with van der Waals surface area (Å²) in [5.74, 6) is 0.0172. The van der Waals surface area contributed by atoms with Gasteiger partial charge >= 0.3 is 0 Å². The molecule has 152 valence electrons. The topological polar surface area (TPSA) is 75.5 Å². The highest BCUT2D eigenvalue weighted by molar-refractivity contribution is 7.89. The Morgan fingerprint density at radius 1 is 1.14 bits per heavy atom. The maximum Gasteiger partial charge on any atom is 0.243 e. The molecular weight excluding hydrogens is 400 g/mol. The summed E-state index contributed by atoms with van der Waals surface area (Å²) >= 11 is 5.84. The second-order valence-electron chi connectivity index (χ2n) is 7.16. The minimum atomic E-state index is -3.57. The van der Waals surface area contributed by atoms with Crippen LogP contribution in [-0.4, -0.2) is 59.5 Å². The minimum absolute atomic E-state index is 0.0172. The molecule has 1 aromatic carbocycles. The van der Waals surface area contributed by atoms with E-state index in [1.807, 2.05) is 31.5 Å². The number of piperazine rings is 1. The monoisotopic (exact) mass is 424 g/mol. The van der Waals surface area contributed by atoms with Crippen molar-refractivity contribution >= 4 is 27.5 Å². The fourth-order valence-corrected chi connectivity index (χ4v) is 5.04. The largest absolute Gasteiger partial charge is 0.340 e. The molecule has 1 aromatic heterocycles. The number of aryl methyl sites for hydroxylation is 2. The van der Waals surface area contributed by atoms with E-state index >= 15 is 0 Å². The third kappa shape index (κ3) is 4.39. The molecule has 1 aliphatic heterocycles. The summed E-state index contributed by atoms with van der Waals surface area (Å²) in [6.45, 7) is 7.21. The molecule has 2 aromatic rings. The molecule has 0 saturated carbocycles. The Bertz CT molecular complexity index is 948. The molecule has 7 nitrogen and oxygen atoms in total. The molecule has 1 aliphatic rings. The van der Waals surface area contributed by atoms with Crippen molar-refractivity contribution in [1.29, 1.82) is 0 Å². The van der Waals surface area contributed by atoms with Crippen LogP contribution in [0.3, 0.4) is 0 Å². The number of carbonyl (C=O) groups is 1. The number of nitrogens with zero attached hydrogens (tertiary/aromatic N) is 4. The first kappa shape index (κ1) is 20.8. The van der Waals surface area contributed by atoms with Gasteiger partial charge in [-0.25, -0.2) is 8.42 Å². The Morgan fingerprint density at radius 2 is 1.75 bits per heavy atom. The number of amides is 1. The Balaban J connectivity index is 1.59. The van der Waals surface area contributed by atoms with Crippen molar-refractivity contribution in [1.82, 2.24) is 19.0 Å². The highest BCUT2D eigenvalue weighted by atomic mass is 35.5. The summed E-state index contributed by atoms with van der Waals surface area (Å²) < 4.78 is 28.8. The predicted molar refractivity (Wildman–Crippen MR) is 108 cm³/mol. The molecule has 0 spiro atoms. The molecule has 9 heteroatoms. The molecule has 3 rings (SSSR count). The van der Waals surface area contributed by atoms with E-state index in [0.29, 0.717) is 24.5 Å². The van der Waals surface area contributed by atoms with E-state index < -0.39 is 10.0 Å². The fraction of sp³-hybridized carbons (Fsp3) is 0.474. The molecule has 1 atom stereocenters. The third-order valence-electron chi connectivity index (χ3n) is 4.97. The number of halogens is 1. The second-order valence-corrected chi connectivity index (χ2v) is 9.54. The van der Waals surface area contributed by atoms with Gasteiger partial charge in [0.25, 0.3) is 0 Å². The highest BCUT2D eigenvalue weighted by Gasteiger charge is 2.30. The van der Waals surface area contributed by atoms with Crippen LogP contribution in [0.5, 0.6) is 0 Å². The Hall–Kier alpha value is -1.90. The van der Waals surface area contributed by atoms with Gasteiger partial charge in [0, 0.05) is 43.3 Å². The normalized spacial score (nSPS) is 16.9. The summed E-state index contributed by atoms with van der Waals surface area (Å²) in [6, 6.07) is 8.08. The number of aromatic nitrogens is 2. The van der Waals surface area contributed by atoms with Gasteiger partial charge in [0.1, 0.15) is 0 Å². The molecule has 2 heterocycles.